The van der Waals surface area contributed by atoms with E-state index < -0.39 is 5.82 Å². The molecule has 2 rings (SSSR count). The summed E-state index contributed by atoms with van der Waals surface area (Å²) >= 11 is 0. The van der Waals surface area contributed by atoms with Crippen LogP contribution in [-0.2, 0) is 13.0 Å². The molecule has 100 valence electrons. The predicted octanol–water partition coefficient (Wildman–Crippen LogP) is 1.89. The van der Waals surface area contributed by atoms with E-state index in [1.54, 1.807) is 4.68 Å². The van der Waals surface area contributed by atoms with Crippen molar-refractivity contribution in [1.82, 2.24) is 19.7 Å². The Morgan fingerprint density at radius 3 is 2.79 bits per heavy atom. The number of rotatable bonds is 5. The average Bonchev–Trinajstić information content (AvgIpc) is 2.76. The Morgan fingerprint density at radius 1 is 1.37 bits per heavy atom. The van der Waals surface area contributed by atoms with Gasteiger partial charge in [-0.05, 0) is 18.1 Å². The third kappa shape index (κ3) is 3.43. The normalized spacial score (nSPS) is 10.9. The summed E-state index contributed by atoms with van der Waals surface area (Å²) in [5.41, 5.74) is 0.237. The molecule has 0 N–H and O–H groups in total. The van der Waals surface area contributed by atoms with Gasteiger partial charge in [-0.15, -0.1) is 0 Å². The number of pyridine rings is 1. The highest BCUT2D eigenvalue weighted by Gasteiger charge is 2.14. The summed E-state index contributed by atoms with van der Waals surface area (Å²) in [4.78, 5) is 19.8. The third-order valence-corrected chi connectivity index (χ3v) is 2.57. The lowest BCUT2D eigenvalue weighted by Crippen LogP contribution is -2.15. The first-order chi connectivity index (χ1) is 9.06. The van der Waals surface area contributed by atoms with Gasteiger partial charge in [0.1, 0.15) is 23.7 Å². The van der Waals surface area contributed by atoms with Crippen LogP contribution in [0.2, 0.25) is 0 Å². The largest absolute Gasteiger partial charge is 0.292 e. The molecule has 0 saturated carbocycles. The maximum atomic E-state index is 12.7. The lowest BCUT2D eigenvalue weighted by atomic mass is 10.2. The highest BCUT2D eigenvalue weighted by molar-refractivity contribution is 5.95. The molecule has 19 heavy (non-hydrogen) atoms. The second-order valence-corrected chi connectivity index (χ2v) is 4.71. The fourth-order valence-electron chi connectivity index (χ4n) is 1.70. The summed E-state index contributed by atoms with van der Waals surface area (Å²) in [5.74, 6) is 0.363. The second kappa shape index (κ2) is 5.69. The lowest BCUT2D eigenvalue weighted by Gasteiger charge is -2.07. The Bertz CT molecular complexity index is 562. The standard InChI is InChI=1S/C13H15FN4O/c1-9(2)7-18-13(16-8-17-18)5-12(19)11-4-3-10(14)6-15-11/h3-4,6,8-9H,5,7H2,1-2H3. The van der Waals surface area contributed by atoms with Crippen molar-refractivity contribution in [3.8, 4) is 0 Å². The predicted molar refractivity (Wildman–Crippen MR) is 67.1 cm³/mol. The van der Waals surface area contributed by atoms with Crippen LogP contribution in [0.3, 0.4) is 0 Å². The van der Waals surface area contributed by atoms with Crippen molar-refractivity contribution in [3.63, 3.8) is 0 Å². The average molecular weight is 262 g/mol. The summed E-state index contributed by atoms with van der Waals surface area (Å²) in [6.07, 6.45) is 2.58. The van der Waals surface area contributed by atoms with Gasteiger partial charge in [-0.3, -0.25) is 9.78 Å². The molecule has 0 aliphatic carbocycles. The molecule has 0 aliphatic heterocycles. The summed E-state index contributed by atoms with van der Waals surface area (Å²) in [7, 11) is 0. The van der Waals surface area contributed by atoms with Gasteiger partial charge in [-0.2, -0.15) is 5.10 Å². The Kier molecular flexibility index (Phi) is 3.99. The first kappa shape index (κ1) is 13.3. The van der Waals surface area contributed by atoms with E-state index in [2.05, 4.69) is 28.9 Å². The fraction of sp³-hybridized carbons (Fsp3) is 0.385. The van der Waals surface area contributed by atoms with Gasteiger partial charge in [0, 0.05) is 6.54 Å². The SMILES string of the molecule is CC(C)Cn1ncnc1CC(=O)c1ccc(F)cn1. The number of nitrogens with zero attached hydrogens (tertiary/aromatic N) is 4. The minimum atomic E-state index is -0.459. The zero-order valence-electron chi connectivity index (χ0n) is 10.9. The van der Waals surface area contributed by atoms with Crippen LogP contribution in [0.15, 0.2) is 24.7 Å². The van der Waals surface area contributed by atoms with Crippen molar-refractivity contribution in [2.45, 2.75) is 26.8 Å². The van der Waals surface area contributed by atoms with Gasteiger partial charge in [0.05, 0.1) is 12.6 Å². The number of carbonyl (C=O) groups is 1. The Hall–Kier alpha value is -2.11. The van der Waals surface area contributed by atoms with E-state index in [1.807, 2.05) is 0 Å². The van der Waals surface area contributed by atoms with Crippen molar-refractivity contribution >= 4 is 5.78 Å². The number of Topliss-reactive ketones (excluding diaryl/α,β-unsaturated/α-hetero) is 1. The van der Waals surface area contributed by atoms with Crippen LogP contribution in [0.1, 0.15) is 30.2 Å². The molecule has 0 fully saturated rings. The molecule has 0 unspecified atom stereocenters. The van der Waals surface area contributed by atoms with Crippen LogP contribution < -0.4 is 0 Å². The molecule has 0 spiro atoms. The Balaban J connectivity index is 2.10. The summed E-state index contributed by atoms with van der Waals surface area (Å²) < 4.78 is 14.4. The number of carbonyl (C=O) groups excluding carboxylic acids is 1. The van der Waals surface area contributed by atoms with Crippen LogP contribution in [0.25, 0.3) is 0 Å². The summed E-state index contributed by atoms with van der Waals surface area (Å²) in [6.45, 7) is 4.84. The molecule has 2 heterocycles. The zero-order valence-corrected chi connectivity index (χ0v) is 10.9. The molecule has 0 aromatic carbocycles. The summed E-state index contributed by atoms with van der Waals surface area (Å²) in [6, 6.07) is 2.60. The first-order valence-corrected chi connectivity index (χ1v) is 6.07. The number of halogens is 1. The molecule has 0 saturated heterocycles. The van der Waals surface area contributed by atoms with Crippen LogP contribution in [0, 0.1) is 11.7 Å². The Labute approximate surface area is 110 Å². The highest BCUT2D eigenvalue weighted by atomic mass is 19.1. The molecule has 2 aromatic rings. The smallest absolute Gasteiger partial charge is 0.188 e. The quantitative estimate of drug-likeness (QED) is 0.772. The van der Waals surface area contributed by atoms with E-state index in [0.29, 0.717) is 18.3 Å². The maximum Gasteiger partial charge on any atom is 0.188 e. The van der Waals surface area contributed by atoms with Gasteiger partial charge in [-0.1, -0.05) is 13.8 Å². The molecule has 5 nitrogen and oxygen atoms in total. The molecule has 0 radical (unpaired) electrons. The zero-order chi connectivity index (χ0) is 13.8. The molecule has 6 heteroatoms. The number of hydrogen-bond donors (Lipinski definition) is 0. The minimum Gasteiger partial charge on any atom is -0.292 e. The third-order valence-electron chi connectivity index (χ3n) is 2.57. The molecule has 0 bridgehead atoms. The topological polar surface area (TPSA) is 60.7 Å². The van der Waals surface area contributed by atoms with Crippen LogP contribution in [-0.4, -0.2) is 25.5 Å². The van der Waals surface area contributed by atoms with Crippen molar-refractivity contribution in [2.24, 2.45) is 5.92 Å². The minimum absolute atomic E-state index is 0.116. The van der Waals surface area contributed by atoms with Gasteiger partial charge >= 0.3 is 0 Å². The van der Waals surface area contributed by atoms with Crippen molar-refractivity contribution in [1.29, 1.82) is 0 Å². The van der Waals surface area contributed by atoms with E-state index >= 15 is 0 Å². The van der Waals surface area contributed by atoms with E-state index in [-0.39, 0.29) is 17.9 Å². The van der Waals surface area contributed by atoms with E-state index in [0.717, 1.165) is 6.20 Å². The van der Waals surface area contributed by atoms with Gasteiger partial charge in [0.25, 0.3) is 0 Å². The van der Waals surface area contributed by atoms with Gasteiger partial charge in [0.15, 0.2) is 5.78 Å². The monoisotopic (exact) mass is 262 g/mol. The molecular weight excluding hydrogens is 247 g/mol. The lowest BCUT2D eigenvalue weighted by molar-refractivity contribution is 0.0984. The van der Waals surface area contributed by atoms with E-state index in [1.165, 1.54) is 18.5 Å². The van der Waals surface area contributed by atoms with Crippen LogP contribution in [0.4, 0.5) is 4.39 Å². The van der Waals surface area contributed by atoms with Crippen LogP contribution >= 0.6 is 0 Å². The van der Waals surface area contributed by atoms with Gasteiger partial charge in [-0.25, -0.2) is 14.1 Å². The van der Waals surface area contributed by atoms with Gasteiger partial charge in [0.2, 0.25) is 0 Å². The van der Waals surface area contributed by atoms with Crippen molar-refractivity contribution < 1.29 is 9.18 Å². The maximum absolute atomic E-state index is 12.7. The fourth-order valence-corrected chi connectivity index (χ4v) is 1.70. The van der Waals surface area contributed by atoms with E-state index in [9.17, 15) is 9.18 Å². The van der Waals surface area contributed by atoms with Crippen LogP contribution in [0.5, 0.6) is 0 Å². The Morgan fingerprint density at radius 2 is 2.16 bits per heavy atom. The van der Waals surface area contributed by atoms with Gasteiger partial charge < -0.3 is 0 Å². The van der Waals surface area contributed by atoms with E-state index in [4.69, 9.17) is 0 Å². The molecule has 0 atom stereocenters. The first-order valence-electron chi connectivity index (χ1n) is 6.07. The number of aromatic nitrogens is 4. The van der Waals surface area contributed by atoms with Crippen molar-refractivity contribution in [3.05, 3.63) is 42.0 Å². The second-order valence-electron chi connectivity index (χ2n) is 4.71. The van der Waals surface area contributed by atoms with Crippen molar-refractivity contribution in [2.75, 3.05) is 0 Å². The molecular formula is C13H15FN4O. The highest BCUT2D eigenvalue weighted by Crippen LogP contribution is 2.06. The summed E-state index contributed by atoms with van der Waals surface area (Å²) in [5, 5.41) is 4.09. The number of ketones is 1. The molecule has 0 aliphatic rings. The molecule has 2 aromatic heterocycles. The number of hydrogen-bond acceptors (Lipinski definition) is 4. The molecule has 0 amide bonds.